The van der Waals surface area contributed by atoms with Crippen molar-refractivity contribution in [2.24, 2.45) is 0 Å². The van der Waals surface area contributed by atoms with Crippen molar-refractivity contribution >= 4 is 23.4 Å². The molecular formula is C20H23N3O3. The van der Waals surface area contributed by atoms with Crippen molar-refractivity contribution in [2.45, 2.75) is 6.54 Å². The largest absolute Gasteiger partial charge is 0.380 e. The Bertz CT molecular complexity index is 753. The molecule has 1 fully saturated rings. The first-order valence-corrected chi connectivity index (χ1v) is 8.63. The molecule has 0 aliphatic carbocycles. The van der Waals surface area contributed by atoms with Gasteiger partial charge in [-0.1, -0.05) is 30.3 Å². The Kier molecular flexibility index (Phi) is 6.24. The fourth-order valence-electron chi connectivity index (χ4n) is 2.85. The number of ether oxygens (including phenoxy) is 1. The van der Waals surface area contributed by atoms with Gasteiger partial charge in [0.25, 0.3) is 5.91 Å². The Morgan fingerprint density at radius 3 is 2.58 bits per heavy atom. The number of nitrogens with one attached hydrogen (secondary N) is 2. The molecule has 0 aromatic heterocycles. The van der Waals surface area contributed by atoms with Gasteiger partial charge in [0.2, 0.25) is 0 Å². The molecule has 136 valence electrons. The van der Waals surface area contributed by atoms with E-state index in [4.69, 9.17) is 9.94 Å². The summed E-state index contributed by atoms with van der Waals surface area (Å²) in [6.07, 6.45) is 2.95. The van der Waals surface area contributed by atoms with Crippen LogP contribution in [0.3, 0.4) is 0 Å². The highest BCUT2D eigenvalue weighted by molar-refractivity contribution is 5.91. The van der Waals surface area contributed by atoms with Gasteiger partial charge in [-0.2, -0.15) is 0 Å². The van der Waals surface area contributed by atoms with E-state index in [0.29, 0.717) is 6.54 Å². The van der Waals surface area contributed by atoms with E-state index in [0.717, 1.165) is 37.6 Å². The van der Waals surface area contributed by atoms with Gasteiger partial charge < -0.3 is 15.0 Å². The normalized spacial score (nSPS) is 14.4. The van der Waals surface area contributed by atoms with Gasteiger partial charge >= 0.3 is 0 Å². The topological polar surface area (TPSA) is 73.8 Å². The number of rotatable bonds is 6. The molecule has 6 nitrogen and oxygen atoms in total. The smallest absolute Gasteiger partial charge is 0.267 e. The number of hydroxylamine groups is 1. The Labute approximate surface area is 153 Å². The third kappa shape index (κ3) is 4.84. The lowest BCUT2D eigenvalue weighted by atomic mass is 10.1. The van der Waals surface area contributed by atoms with Crippen LogP contribution in [0.15, 0.2) is 54.6 Å². The maximum absolute atomic E-state index is 11.2. The minimum absolute atomic E-state index is 0.557. The number of hydrogen-bond donors (Lipinski definition) is 3. The van der Waals surface area contributed by atoms with Crippen LogP contribution in [0.25, 0.3) is 6.08 Å². The standard InChI is InChI=1S/C20H23N3O3/c24-20(22-25)10-7-17-3-1-2-4-19(17)21-15-16-5-8-18(9-6-16)23-11-13-26-14-12-23/h1-10,21,25H,11-15H2,(H,22,24). The molecule has 1 amide bonds. The van der Waals surface area contributed by atoms with Crippen molar-refractivity contribution in [3.63, 3.8) is 0 Å². The van der Waals surface area contributed by atoms with Crippen LogP contribution < -0.4 is 15.7 Å². The van der Waals surface area contributed by atoms with Gasteiger partial charge in [0.1, 0.15) is 0 Å². The lowest BCUT2D eigenvalue weighted by molar-refractivity contribution is -0.124. The molecule has 2 aromatic rings. The second kappa shape index (κ2) is 9.03. The fraction of sp³-hybridized carbons (Fsp3) is 0.250. The van der Waals surface area contributed by atoms with E-state index in [1.54, 1.807) is 11.6 Å². The van der Waals surface area contributed by atoms with E-state index in [2.05, 4.69) is 34.5 Å². The van der Waals surface area contributed by atoms with Crippen LogP contribution in [-0.2, 0) is 16.1 Å². The van der Waals surface area contributed by atoms with Crippen LogP contribution in [0.1, 0.15) is 11.1 Å². The van der Waals surface area contributed by atoms with Gasteiger partial charge in [-0.05, 0) is 35.4 Å². The van der Waals surface area contributed by atoms with Crippen molar-refractivity contribution < 1.29 is 14.7 Å². The minimum Gasteiger partial charge on any atom is -0.380 e. The zero-order valence-electron chi connectivity index (χ0n) is 14.5. The number of carbonyl (C=O) groups is 1. The first-order chi connectivity index (χ1) is 12.8. The Morgan fingerprint density at radius 1 is 1.12 bits per heavy atom. The second-order valence-electron chi connectivity index (χ2n) is 6.02. The van der Waals surface area contributed by atoms with Crippen molar-refractivity contribution in [2.75, 3.05) is 36.5 Å². The summed E-state index contributed by atoms with van der Waals surface area (Å²) >= 11 is 0. The number of benzene rings is 2. The number of nitrogens with zero attached hydrogens (tertiary/aromatic N) is 1. The number of para-hydroxylation sites is 1. The van der Waals surface area contributed by atoms with Crippen LogP contribution in [0.5, 0.6) is 0 Å². The molecule has 1 saturated heterocycles. The predicted octanol–water partition coefficient (Wildman–Crippen LogP) is 2.65. The maximum atomic E-state index is 11.2. The Morgan fingerprint density at radius 2 is 1.85 bits per heavy atom. The number of anilines is 2. The van der Waals surface area contributed by atoms with Crippen LogP contribution in [0.2, 0.25) is 0 Å². The van der Waals surface area contributed by atoms with E-state index in [1.165, 1.54) is 17.3 Å². The quantitative estimate of drug-likeness (QED) is 0.423. The van der Waals surface area contributed by atoms with Crippen LogP contribution in [0.4, 0.5) is 11.4 Å². The molecule has 1 heterocycles. The summed E-state index contributed by atoms with van der Waals surface area (Å²) in [6.45, 7) is 4.10. The second-order valence-corrected chi connectivity index (χ2v) is 6.02. The van der Waals surface area contributed by atoms with Gasteiger partial charge in [-0.25, -0.2) is 5.48 Å². The summed E-state index contributed by atoms with van der Waals surface area (Å²) in [5.41, 5.74) is 5.78. The first kappa shape index (κ1) is 18.0. The van der Waals surface area contributed by atoms with Crippen molar-refractivity contribution in [1.29, 1.82) is 0 Å². The minimum atomic E-state index is -0.557. The number of amides is 1. The maximum Gasteiger partial charge on any atom is 0.267 e. The lowest BCUT2D eigenvalue weighted by Gasteiger charge is -2.28. The summed E-state index contributed by atoms with van der Waals surface area (Å²) in [5, 5.41) is 12.0. The highest BCUT2D eigenvalue weighted by Gasteiger charge is 2.10. The van der Waals surface area contributed by atoms with E-state index in [9.17, 15) is 4.79 Å². The van der Waals surface area contributed by atoms with Gasteiger partial charge in [0.15, 0.2) is 0 Å². The molecule has 26 heavy (non-hydrogen) atoms. The Balaban J connectivity index is 1.62. The average Bonchev–Trinajstić information content (AvgIpc) is 2.72. The number of hydrogen-bond acceptors (Lipinski definition) is 5. The number of morpholine rings is 1. The van der Waals surface area contributed by atoms with Crippen molar-refractivity contribution in [3.05, 3.63) is 65.7 Å². The predicted molar refractivity (Wildman–Crippen MR) is 102 cm³/mol. The summed E-state index contributed by atoms with van der Waals surface area (Å²) < 4.78 is 5.39. The molecular weight excluding hydrogens is 330 g/mol. The summed E-state index contributed by atoms with van der Waals surface area (Å²) in [5.74, 6) is -0.557. The average molecular weight is 353 g/mol. The van der Waals surface area contributed by atoms with Crippen LogP contribution >= 0.6 is 0 Å². The van der Waals surface area contributed by atoms with Gasteiger partial charge in [0, 0.05) is 37.1 Å². The van der Waals surface area contributed by atoms with E-state index in [1.807, 2.05) is 24.3 Å². The summed E-state index contributed by atoms with van der Waals surface area (Å²) in [7, 11) is 0. The Hall–Kier alpha value is -2.83. The molecule has 0 unspecified atom stereocenters. The van der Waals surface area contributed by atoms with E-state index in [-0.39, 0.29) is 0 Å². The lowest BCUT2D eigenvalue weighted by Crippen LogP contribution is -2.36. The molecule has 0 saturated carbocycles. The summed E-state index contributed by atoms with van der Waals surface area (Å²) in [4.78, 5) is 13.5. The monoisotopic (exact) mass is 353 g/mol. The third-order valence-corrected chi connectivity index (χ3v) is 4.28. The van der Waals surface area contributed by atoms with Crippen molar-refractivity contribution in [3.8, 4) is 0 Å². The van der Waals surface area contributed by atoms with Crippen LogP contribution in [-0.4, -0.2) is 37.4 Å². The van der Waals surface area contributed by atoms with E-state index >= 15 is 0 Å². The molecule has 0 atom stereocenters. The molecule has 0 spiro atoms. The zero-order valence-corrected chi connectivity index (χ0v) is 14.5. The SMILES string of the molecule is O=C(C=Cc1ccccc1NCc1ccc(N2CCOCC2)cc1)NO. The highest BCUT2D eigenvalue weighted by Crippen LogP contribution is 2.20. The number of carbonyl (C=O) groups excluding carboxylic acids is 1. The molecule has 0 bridgehead atoms. The molecule has 2 aromatic carbocycles. The molecule has 0 radical (unpaired) electrons. The molecule has 1 aliphatic rings. The third-order valence-electron chi connectivity index (χ3n) is 4.28. The first-order valence-electron chi connectivity index (χ1n) is 8.63. The molecule has 3 N–H and O–H groups in total. The highest BCUT2D eigenvalue weighted by atomic mass is 16.5. The molecule has 6 heteroatoms. The zero-order chi connectivity index (χ0) is 18.2. The summed E-state index contributed by atoms with van der Waals surface area (Å²) in [6, 6.07) is 16.2. The van der Waals surface area contributed by atoms with Crippen LogP contribution in [0, 0.1) is 0 Å². The molecule has 1 aliphatic heterocycles. The van der Waals surface area contributed by atoms with Crippen molar-refractivity contribution in [1.82, 2.24) is 5.48 Å². The molecule has 3 rings (SSSR count). The van der Waals surface area contributed by atoms with Gasteiger partial charge in [-0.15, -0.1) is 0 Å². The van der Waals surface area contributed by atoms with E-state index < -0.39 is 5.91 Å². The van der Waals surface area contributed by atoms with Gasteiger partial charge in [-0.3, -0.25) is 10.0 Å². The van der Waals surface area contributed by atoms with Gasteiger partial charge in [0.05, 0.1) is 13.2 Å². The fourth-order valence-corrected chi connectivity index (χ4v) is 2.85.